The summed E-state index contributed by atoms with van der Waals surface area (Å²) in [6.45, 7) is 0. The van der Waals surface area contributed by atoms with Crippen LogP contribution in [0.1, 0.15) is 6.42 Å². The lowest BCUT2D eigenvalue weighted by Crippen LogP contribution is -2.32. The van der Waals surface area contributed by atoms with E-state index in [-0.39, 0.29) is 18.2 Å². The normalized spacial score (nSPS) is 21.1. The Morgan fingerprint density at radius 3 is 2.47 bits per heavy atom. The first-order valence-electron chi connectivity index (χ1n) is 4.68. The van der Waals surface area contributed by atoms with E-state index < -0.39 is 6.10 Å². The van der Waals surface area contributed by atoms with E-state index in [0.717, 1.165) is 0 Å². The van der Waals surface area contributed by atoms with Gasteiger partial charge in [0, 0.05) is 7.11 Å². The number of benzene rings is 1. The zero-order chi connectivity index (χ0) is 10.8. The van der Waals surface area contributed by atoms with E-state index >= 15 is 0 Å². The molecule has 0 aromatic heterocycles. The first kappa shape index (κ1) is 9.86. The third-order valence-corrected chi connectivity index (χ3v) is 2.40. The quantitative estimate of drug-likeness (QED) is 0.676. The van der Waals surface area contributed by atoms with Gasteiger partial charge in [-0.15, -0.1) is 0 Å². The predicted octanol–water partition coefficient (Wildman–Crippen LogP) is 0.965. The summed E-state index contributed by atoms with van der Waals surface area (Å²) < 4.78 is 4.93. The van der Waals surface area contributed by atoms with Crippen LogP contribution in [0.25, 0.3) is 0 Å². The number of imide groups is 1. The van der Waals surface area contributed by atoms with Crippen LogP contribution in [0.15, 0.2) is 30.3 Å². The molecule has 0 saturated carbocycles. The third kappa shape index (κ3) is 1.64. The van der Waals surface area contributed by atoms with Crippen molar-refractivity contribution in [2.45, 2.75) is 12.5 Å². The molecule has 1 aromatic rings. The molecule has 15 heavy (non-hydrogen) atoms. The smallest absolute Gasteiger partial charge is 0.263 e. The molecule has 0 N–H and O–H groups in total. The van der Waals surface area contributed by atoms with Gasteiger partial charge in [0.15, 0.2) is 0 Å². The Morgan fingerprint density at radius 2 is 1.93 bits per heavy atom. The molecular weight excluding hydrogens is 194 g/mol. The van der Waals surface area contributed by atoms with Crippen molar-refractivity contribution in [3.05, 3.63) is 30.3 Å². The number of carbonyl (C=O) groups excluding carboxylic acids is 2. The molecule has 1 fully saturated rings. The first-order chi connectivity index (χ1) is 7.24. The van der Waals surface area contributed by atoms with Gasteiger partial charge in [0.1, 0.15) is 6.10 Å². The number of rotatable bonds is 2. The van der Waals surface area contributed by atoms with Gasteiger partial charge in [-0.3, -0.25) is 9.59 Å². The largest absolute Gasteiger partial charge is 0.371 e. The highest BCUT2D eigenvalue weighted by atomic mass is 16.5. The van der Waals surface area contributed by atoms with E-state index in [2.05, 4.69) is 0 Å². The Balaban J connectivity index is 2.31. The molecule has 1 aromatic carbocycles. The van der Waals surface area contributed by atoms with Gasteiger partial charge in [-0.05, 0) is 12.1 Å². The number of carbonyl (C=O) groups is 2. The lowest BCUT2D eigenvalue weighted by atomic mass is 10.3. The molecule has 1 saturated heterocycles. The van der Waals surface area contributed by atoms with Gasteiger partial charge in [-0.25, -0.2) is 4.90 Å². The number of hydrogen-bond donors (Lipinski definition) is 0. The number of methoxy groups -OCH3 is 1. The van der Waals surface area contributed by atoms with Crippen molar-refractivity contribution in [2.24, 2.45) is 0 Å². The summed E-state index contributed by atoms with van der Waals surface area (Å²) in [5.41, 5.74) is 0.604. The molecule has 2 rings (SSSR count). The fraction of sp³-hybridized carbons (Fsp3) is 0.273. The molecule has 4 heteroatoms. The number of hydrogen-bond acceptors (Lipinski definition) is 3. The van der Waals surface area contributed by atoms with Crippen LogP contribution in [0.3, 0.4) is 0 Å². The van der Waals surface area contributed by atoms with Crippen molar-refractivity contribution in [1.82, 2.24) is 0 Å². The van der Waals surface area contributed by atoms with E-state index in [1.807, 2.05) is 6.07 Å². The van der Waals surface area contributed by atoms with Gasteiger partial charge >= 0.3 is 0 Å². The second-order valence-electron chi connectivity index (χ2n) is 3.33. The Morgan fingerprint density at radius 1 is 1.27 bits per heavy atom. The number of ether oxygens (including phenoxy) is 1. The molecule has 0 spiro atoms. The maximum absolute atomic E-state index is 11.7. The van der Waals surface area contributed by atoms with Gasteiger partial charge in [0.05, 0.1) is 12.1 Å². The standard InChI is InChI=1S/C11H11NO3/c1-15-9-7-10(13)12(11(9)14)8-5-3-2-4-6-8/h2-6,9H,7H2,1H3. The predicted molar refractivity (Wildman–Crippen MR) is 54.3 cm³/mol. The zero-order valence-electron chi connectivity index (χ0n) is 8.34. The van der Waals surface area contributed by atoms with Crippen molar-refractivity contribution < 1.29 is 14.3 Å². The molecule has 0 aliphatic carbocycles. The van der Waals surface area contributed by atoms with E-state index in [0.29, 0.717) is 5.69 Å². The van der Waals surface area contributed by atoms with E-state index in [4.69, 9.17) is 4.74 Å². The Bertz CT molecular complexity index is 388. The van der Waals surface area contributed by atoms with Crippen LogP contribution in [0.2, 0.25) is 0 Å². The van der Waals surface area contributed by atoms with E-state index in [9.17, 15) is 9.59 Å². The molecule has 78 valence electrons. The summed E-state index contributed by atoms with van der Waals surface area (Å²) in [6.07, 6.45) is -0.498. The number of nitrogens with zero attached hydrogens (tertiary/aromatic N) is 1. The van der Waals surface area contributed by atoms with Crippen LogP contribution in [0, 0.1) is 0 Å². The molecule has 1 heterocycles. The summed E-state index contributed by atoms with van der Waals surface area (Å²) in [6, 6.07) is 8.87. The molecule has 0 bridgehead atoms. The summed E-state index contributed by atoms with van der Waals surface area (Å²) in [5, 5.41) is 0. The topological polar surface area (TPSA) is 46.6 Å². The molecule has 2 amide bonds. The van der Waals surface area contributed by atoms with Gasteiger partial charge in [0.25, 0.3) is 5.91 Å². The van der Waals surface area contributed by atoms with E-state index in [1.54, 1.807) is 24.3 Å². The Kier molecular flexibility index (Phi) is 2.51. The third-order valence-electron chi connectivity index (χ3n) is 2.40. The molecular formula is C11H11NO3. The lowest BCUT2D eigenvalue weighted by Gasteiger charge is -2.13. The van der Waals surface area contributed by atoms with Crippen LogP contribution in [-0.2, 0) is 14.3 Å². The zero-order valence-corrected chi connectivity index (χ0v) is 8.34. The fourth-order valence-corrected chi connectivity index (χ4v) is 1.64. The number of para-hydroxylation sites is 1. The molecule has 1 aliphatic heterocycles. The SMILES string of the molecule is COC1CC(=O)N(c2ccccc2)C1=O. The maximum Gasteiger partial charge on any atom is 0.263 e. The maximum atomic E-state index is 11.7. The average molecular weight is 205 g/mol. The van der Waals surface area contributed by atoms with Gasteiger partial charge < -0.3 is 4.74 Å². The molecule has 1 unspecified atom stereocenters. The minimum absolute atomic E-state index is 0.129. The summed E-state index contributed by atoms with van der Waals surface area (Å²) >= 11 is 0. The highest BCUT2D eigenvalue weighted by molar-refractivity contribution is 6.22. The van der Waals surface area contributed by atoms with Crippen molar-refractivity contribution in [1.29, 1.82) is 0 Å². The van der Waals surface area contributed by atoms with E-state index in [1.165, 1.54) is 12.0 Å². The van der Waals surface area contributed by atoms with Crippen molar-refractivity contribution >= 4 is 17.5 Å². The van der Waals surface area contributed by atoms with Crippen molar-refractivity contribution in [2.75, 3.05) is 12.0 Å². The van der Waals surface area contributed by atoms with Gasteiger partial charge in [-0.2, -0.15) is 0 Å². The highest BCUT2D eigenvalue weighted by Crippen LogP contribution is 2.23. The summed E-state index contributed by atoms with van der Waals surface area (Å²) in [5.74, 6) is -0.494. The van der Waals surface area contributed by atoms with Crippen molar-refractivity contribution in [3.63, 3.8) is 0 Å². The number of anilines is 1. The summed E-state index contributed by atoms with van der Waals surface area (Å²) in [7, 11) is 1.43. The second-order valence-corrected chi connectivity index (χ2v) is 3.33. The van der Waals surface area contributed by atoms with Gasteiger partial charge in [-0.1, -0.05) is 18.2 Å². The lowest BCUT2D eigenvalue weighted by molar-refractivity contribution is -0.125. The van der Waals surface area contributed by atoms with Crippen LogP contribution in [-0.4, -0.2) is 25.0 Å². The van der Waals surface area contributed by atoms with Gasteiger partial charge in [0.2, 0.25) is 5.91 Å². The molecule has 0 radical (unpaired) electrons. The summed E-state index contributed by atoms with van der Waals surface area (Å²) in [4.78, 5) is 24.5. The van der Waals surface area contributed by atoms with Crippen LogP contribution >= 0.6 is 0 Å². The molecule has 4 nitrogen and oxygen atoms in total. The molecule has 1 atom stereocenters. The second kappa shape index (κ2) is 3.82. The van der Waals surface area contributed by atoms with Crippen LogP contribution in [0.5, 0.6) is 0 Å². The minimum Gasteiger partial charge on any atom is -0.371 e. The number of amides is 2. The first-order valence-corrected chi connectivity index (χ1v) is 4.68. The molecule has 1 aliphatic rings. The average Bonchev–Trinajstić information content (AvgIpc) is 2.55. The highest BCUT2D eigenvalue weighted by Gasteiger charge is 2.39. The Labute approximate surface area is 87.4 Å². The monoisotopic (exact) mass is 205 g/mol. The Hall–Kier alpha value is -1.68. The van der Waals surface area contributed by atoms with Crippen LogP contribution < -0.4 is 4.90 Å². The van der Waals surface area contributed by atoms with Crippen LogP contribution in [0.4, 0.5) is 5.69 Å². The minimum atomic E-state index is -0.627. The van der Waals surface area contributed by atoms with Crippen molar-refractivity contribution in [3.8, 4) is 0 Å². The fourth-order valence-electron chi connectivity index (χ4n) is 1.64.